The highest BCUT2D eigenvalue weighted by molar-refractivity contribution is 5.84. The van der Waals surface area contributed by atoms with E-state index in [4.69, 9.17) is 10.00 Å². The number of hydrogen-bond acceptors (Lipinski definition) is 5. The maximum absolute atomic E-state index is 11.5. The van der Waals surface area contributed by atoms with Crippen LogP contribution in [0.1, 0.15) is 12.5 Å². The zero-order chi connectivity index (χ0) is 14.3. The molecule has 100 valence electrons. The van der Waals surface area contributed by atoms with E-state index in [1.807, 2.05) is 6.07 Å². The van der Waals surface area contributed by atoms with E-state index >= 15 is 0 Å². The standard InChI is InChI=1S/C13H14N2O4/c1-9(13(17)18-2)15-12(16)8-19-11-5-3-10(7-14)4-6-11/h3-6,9H,8H2,1-2H3,(H,15,16). The fourth-order valence-corrected chi connectivity index (χ4v) is 1.29. The Labute approximate surface area is 110 Å². The van der Waals surface area contributed by atoms with Crippen LogP contribution in [-0.4, -0.2) is 31.6 Å². The number of rotatable bonds is 5. The van der Waals surface area contributed by atoms with E-state index in [-0.39, 0.29) is 6.61 Å². The molecule has 0 aromatic heterocycles. The van der Waals surface area contributed by atoms with Crippen LogP contribution in [0.3, 0.4) is 0 Å². The van der Waals surface area contributed by atoms with Crippen LogP contribution >= 0.6 is 0 Å². The van der Waals surface area contributed by atoms with Crippen LogP contribution in [0.5, 0.6) is 5.75 Å². The molecule has 0 fully saturated rings. The van der Waals surface area contributed by atoms with Crippen molar-refractivity contribution in [2.24, 2.45) is 0 Å². The predicted molar refractivity (Wildman–Crippen MR) is 66.3 cm³/mol. The Kier molecular flexibility index (Phi) is 5.35. The maximum atomic E-state index is 11.5. The molecule has 0 spiro atoms. The number of hydrogen-bond donors (Lipinski definition) is 1. The van der Waals surface area contributed by atoms with Gasteiger partial charge in [0.05, 0.1) is 18.7 Å². The van der Waals surface area contributed by atoms with Crippen LogP contribution in [-0.2, 0) is 14.3 Å². The molecule has 1 amide bonds. The molecule has 1 N–H and O–H groups in total. The van der Waals surface area contributed by atoms with Gasteiger partial charge in [-0.3, -0.25) is 4.79 Å². The van der Waals surface area contributed by atoms with Crippen molar-refractivity contribution < 1.29 is 19.1 Å². The van der Waals surface area contributed by atoms with Gasteiger partial charge in [0.1, 0.15) is 11.8 Å². The van der Waals surface area contributed by atoms with E-state index in [9.17, 15) is 9.59 Å². The number of ether oxygens (including phenoxy) is 2. The first-order chi connectivity index (χ1) is 9.06. The highest BCUT2D eigenvalue weighted by atomic mass is 16.5. The summed E-state index contributed by atoms with van der Waals surface area (Å²) in [5, 5.41) is 11.1. The number of methoxy groups -OCH3 is 1. The summed E-state index contributed by atoms with van der Waals surface area (Å²) < 4.78 is 9.68. The van der Waals surface area contributed by atoms with Crippen LogP contribution in [0.15, 0.2) is 24.3 Å². The molecule has 1 atom stereocenters. The van der Waals surface area contributed by atoms with Crippen molar-refractivity contribution in [3.05, 3.63) is 29.8 Å². The topological polar surface area (TPSA) is 88.4 Å². The quantitative estimate of drug-likeness (QED) is 0.785. The first-order valence-corrected chi connectivity index (χ1v) is 5.57. The summed E-state index contributed by atoms with van der Waals surface area (Å²) in [5.74, 6) is -0.478. The van der Waals surface area contributed by atoms with Gasteiger partial charge in [0.2, 0.25) is 0 Å². The zero-order valence-electron chi connectivity index (χ0n) is 10.7. The van der Waals surface area contributed by atoms with E-state index in [1.165, 1.54) is 14.0 Å². The number of nitrogens with zero attached hydrogens (tertiary/aromatic N) is 1. The predicted octanol–water partition coefficient (Wildman–Crippen LogP) is 0.615. The van der Waals surface area contributed by atoms with E-state index in [1.54, 1.807) is 24.3 Å². The van der Waals surface area contributed by atoms with Gasteiger partial charge in [-0.25, -0.2) is 4.79 Å². The van der Waals surface area contributed by atoms with Gasteiger partial charge in [-0.15, -0.1) is 0 Å². The Morgan fingerprint density at radius 1 is 1.37 bits per heavy atom. The average molecular weight is 262 g/mol. The molecule has 0 aliphatic rings. The van der Waals surface area contributed by atoms with Gasteiger partial charge in [-0.1, -0.05) is 0 Å². The number of carbonyl (C=O) groups is 2. The maximum Gasteiger partial charge on any atom is 0.328 e. The Bertz CT molecular complexity index is 490. The van der Waals surface area contributed by atoms with Crippen LogP contribution < -0.4 is 10.1 Å². The summed E-state index contributed by atoms with van der Waals surface area (Å²) in [6, 6.07) is 7.62. The Hall–Kier alpha value is -2.55. The van der Waals surface area contributed by atoms with Crippen LogP contribution in [0.2, 0.25) is 0 Å². The van der Waals surface area contributed by atoms with E-state index in [0.717, 1.165) is 0 Å². The molecule has 6 nitrogen and oxygen atoms in total. The molecule has 6 heteroatoms. The molecular weight excluding hydrogens is 248 g/mol. The lowest BCUT2D eigenvalue weighted by atomic mass is 10.2. The molecule has 1 unspecified atom stereocenters. The number of benzene rings is 1. The molecule has 0 bridgehead atoms. The summed E-state index contributed by atoms with van der Waals surface area (Å²) in [6.45, 7) is 1.30. The second kappa shape index (κ2) is 7.01. The SMILES string of the molecule is COC(=O)C(C)NC(=O)COc1ccc(C#N)cc1. The smallest absolute Gasteiger partial charge is 0.328 e. The Balaban J connectivity index is 2.41. The number of nitrogens with one attached hydrogen (secondary N) is 1. The summed E-state index contributed by atoms with van der Waals surface area (Å²) in [7, 11) is 1.25. The molecule has 0 heterocycles. The third-order valence-corrected chi connectivity index (χ3v) is 2.29. The fourth-order valence-electron chi connectivity index (χ4n) is 1.29. The minimum Gasteiger partial charge on any atom is -0.484 e. The molecular formula is C13H14N2O4. The first kappa shape index (κ1) is 14.5. The Morgan fingerprint density at radius 2 is 2.00 bits per heavy atom. The van der Waals surface area contributed by atoms with Gasteiger partial charge in [-0.05, 0) is 31.2 Å². The molecule has 0 saturated heterocycles. The third-order valence-electron chi connectivity index (χ3n) is 2.29. The molecule has 1 aromatic rings. The van der Waals surface area contributed by atoms with Crippen LogP contribution in [0, 0.1) is 11.3 Å². The number of amides is 1. The minimum atomic E-state index is -0.720. The summed E-state index contributed by atoms with van der Waals surface area (Å²) in [6.07, 6.45) is 0. The van der Waals surface area contributed by atoms with Crippen LogP contribution in [0.4, 0.5) is 0 Å². The molecule has 0 radical (unpaired) electrons. The molecule has 1 rings (SSSR count). The van der Waals surface area contributed by atoms with Crippen molar-refractivity contribution in [2.45, 2.75) is 13.0 Å². The number of nitriles is 1. The van der Waals surface area contributed by atoms with Gasteiger partial charge in [0.25, 0.3) is 5.91 Å². The summed E-state index contributed by atoms with van der Waals surface area (Å²) in [4.78, 5) is 22.6. The van der Waals surface area contributed by atoms with E-state index in [2.05, 4.69) is 10.1 Å². The Morgan fingerprint density at radius 3 is 2.53 bits per heavy atom. The lowest BCUT2D eigenvalue weighted by Gasteiger charge is -2.12. The van der Waals surface area contributed by atoms with Gasteiger partial charge >= 0.3 is 5.97 Å². The zero-order valence-corrected chi connectivity index (χ0v) is 10.7. The minimum absolute atomic E-state index is 0.215. The lowest BCUT2D eigenvalue weighted by molar-refractivity contribution is -0.144. The summed E-state index contributed by atoms with van der Waals surface area (Å²) >= 11 is 0. The number of esters is 1. The second-order valence-electron chi connectivity index (χ2n) is 3.74. The van der Waals surface area contributed by atoms with Crippen molar-refractivity contribution >= 4 is 11.9 Å². The summed E-state index contributed by atoms with van der Waals surface area (Å²) in [5.41, 5.74) is 0.510. The normalized spacial score (nSPS) is 11.0. The lowest BCUT2D eigenvalue weighted by Crippen LogP contribution is -2.41. The van der Waals surface area contributed by atoms with Crippen molar-refractivity contribution in [3.8, 4) is 11.8 Å². The van der Waals surface area contributed by atoms with Crippen molar-refractivity contribution in [1.29, 1.82) is 5.26 Å². The van der Waals surface area contributed by atoms with Crippen molar-refractivity contribution in [3.63, 3.8) is 0 Å². The van der Waals surface area contributed by atoms with Crippen molar-refractivity contribution in [2.75, 3.05) is 13.7 Å². The second-order valence-corrected chi connectivity index (χ2v) is 3.74. The molecule has 0 aliphatic carbocycles. The first-order valence-electron chi connectivity index (χ1n) is 5.57. The van der Waals surface area contributed by atoms with Gasteiger partial charge < -0.3 is 14.8 Å². The third kappa shape index (κ3) is 4.68. The van der Waals surface area contributed by atoms with Crippen LogP contribution in [0.25, 0.3) is 0 Å². The van der Waals surface area contributed by atoms with Gasteiger partial charge in [0, 0.05) is 0 Å². The highest BCUT2D eigenvalue weighted by Crippen LogP contribution is 2.11. The molecule has 0 aliphatic heterocycles. The number of carbonyl (C=O) groups excluding carboxylic acids is 2. The largest absolute Gasteiger partial charge is 0.484 e. The molecule has 0 saturated carbocycles. The monoisotopic (exact) mass is 262 g/mol. The van der Waals surface area contributed by atoms with E-state index < -0.39 is 17.9 Å². The van der Waals surface area contributed by atoms with Crippen molar-refractivity contribution in [1.82, 2.24) is 5.32 Å². The molecule has 19 heavy (non-hydrogen) atoms. The highest BCUT2D eigenvalue weighted by Gasteiger charge is 2.15. The van der Waals surface area contributed by atoms with Gasteiger partial charge in [0.15, 0.2) is 6.61 Å². The average Bonchev–Trinajstić information content (AvgIpc) is 2.44. The van der Waals surface area contributed by atoms with E-state index in [0.29, 0.717) is 11.3 Å². The fraction of sp³-hybridized carbons (Fsp3) is 0.308. The molecule has 1 aromatic carbocycles. The van der Waals surface area contributed by atoms with Gasteiger partial charge in [-0.2, -0.15) is 5.26 Å².